The molecule has 5 rings (SSSR count). The van der Waals surface area contributed by atoms with Gasteiger partial charge in [-0.3, -0.25) is 9.59 Å². The van der Waals surface area contributed by atoms with Crippen molar-refractivity contribution in [3.63, 3.8) is 0 Å². The predicted octanol–water partition coefficient (Wildman–Crippen LogP) is 4.38. The lowest BCUT2D eigenvalue weighted by atomic mass is 9.98. The first kappa shape index (κ1) is 20.8. The third-order valence-electron chi connectivity index (χ3n) is 6.20. The molecule has 0 spiro atoms. The maximum absolute atomic E-state index is 13.4. The van der Waals surface area contributed by atoms with Crippen LogP contribution in [0.4, 0.5) is 0 Å². The molecule has 3 N–H and O–H groups in total. The van der Waals surface area contributed by atoms with Crippen molar-refractivity contribution in [1.29, 1.82) is 0 Å². The number of aromatic nitrogens is 1. The summed E-state index contributed by atoms with van der Waals surface area (Å²) in [7, 11) is 0. The number of fused-ring (bicyclic) bond motifs is 1. The van der Waals surface area contributed by atoms with Gasteiger partial charge in [-0.15, -0.1) is 0 Å². The van der Waals surface area contributed by atoms with E-state index in [0.29, 0.717) is 18.7 Å². The number of carbonyl (C=O) groups is 2. The van der Waals surface area contributed by atoms with Gasteiger partial charge in [-0.25, -0.2) is 0 Å². The van der Waals surface area contributed by atoms with Crippen LogP contribution in [0, 0.1) is 0 Å². The van der Waals surface area contributed by atoms with Crippen LogP contribution >= 0.6 is 0 Å². The van der Waals surface area contributed by atoms with Gasteiger partial charge in [0.05, 0.1) is 6.04 Å². The van der Waals surface area contributed by atoms with Crippen molar-refractivity contribution in [3.8, 4) is 5.75 Å². The first-order valence-electron chi connectivity index (χ1n) is 11.1. The van der Waals surface area contributed by atoms with Gasteiger partial charge in [0, 0.05) is 17.4 Å². The normalized spacial score (nSPS) is 15.8. The summed E-state index contributed by atoms with van der Waals surface area (Å²) >= 11 is 0. The zero-order chi connectivity index (χ0) is 22.8. The number of hydrogen-bond acceptors (Lipinski definition) is 3. The van der Waals surface area contributed by atoms with Gasteiger partial charge >= 0.3 is 0 Å². The van der Waals surface area contributed by atoms with Gasteiger partial charge in [-0.1, -0.05) is 60.7 Å². The topological polar surface area (TPSA) is 85.4 Å². The summed E-state index contributed by atoms with van der Waals surface area (Å²) < 4.78 is 0. The standard InChI is InChI=1S/C27H25N3O3/c31-21-13-14-22-20(16-21)17-23(28-22)27(33)30-15-7-12-24(30)26(32)29-25(18-8-3-1-4-9-18)19-10-5-2-6-11-19/h1-6,8-11,13-14,16-17,24-25,28,31H,7,12,15H2,(H,29,32)/t24-/m0/s1. The summed E-state index contributed by atoms with van der Waals surface area (Å²) in [6.07, 6.45) is 1.39. The largest absolute Gasteiger partial charge is 0.508 e. The molecule has 6 heteroatoms. The number of rotatable bonds is 5. The van der Waals surface area contributed by atoms with E-state index in [1.807, 2.05) is 60.7 Å². The van der Waals surface area contributed by atoms with Crippen LogP contribution in [0.2, 0.25) is 0 Å². The average Bonchev–Trinajstić information content (AvgIpc) is 3.50. The number of phenolic OH excluding ortho intramolecular Hbond substituents is 1. The molecule has 3 aromatic carbocycles. The quantitative estimate of drug-likeness (QED) is 0.431. The van der Waals surface area contributed by atoms with Crippen molar-refractivity contribution < 1.29 is 14.7 Å². The van der Waals surface area contributed by atoms with Crippen molar-refractivity contribution in [2.75, 3.05) is 6.54 Å². The first-order chi connectivity index (χ1) is 16.1. The number of benzene rings is 3. The zero-order valence-electron chi connectivity index (χ0n) is 18.1. The van der Waals surface area contributed by atoms with Crippen LogP contribution < -0.4 is 5.32 Å². The van der Waals surface area contributed by atoms with Crippen molar-refractivity contribution in [3.05, 3.63) is 102 Å². The number of aromatic hydroxyl groups is 1. The van der Waals surface area contributed by atoms with Gasteiger partial charge in [0.25, 0.3) is 5.91 Å². The Labute approximate surface area is 191 Å². The van der Waals surface area contributed by atoms with Gasteiger partial charge < -0.3 is 20.3 Å². The number of nitrogens with one attached hydrogen (secondary N) is 2. The maximum Gasteiger partial charge on any atom is 0.270 e. The van der Waals surface area contributed by atoms with Crippen LogP contribution in [-0.2, 0) is 4.79 Å². The van der Waals surface area contributed by atoms with Gasteiger partial charge in [-0.05, 0) is 48.2 Å². The molecule has 2 amide bonds. The second-order valence-electron chi connectivity index (χ2n) is 8.37. The number of hydrogen-bond donors (Lipinski definition) is 3. The van der Waals surface area contributed by atoms with E-state index in [1.54, 1.807) is 29.2 Å². The molecule has 1 atom stereocenters. The summed E-state index contributed by atoms with van der Waals surface area (Å²) in [5, 5.41) is 13.7. The summed E-state index contributed by atoms with van der Waals surface area (Å²) in [5.41, 5.74) is 3.16. The van der Waals surface area contributed by atoms with E-state index in [0.717, 1.165) is 28.5 Å². The Morgan fingerprint density at radius 1 is 0.939 bits per heavy atom. The molecule has 0 unspecified atom stereocenters. The number of likely N-dealkylation sites (tertiary alicyclic amines) is 1. The molecule has 4 aromatic rings. The molecule has 1 fully saturated rings. The fourth-order valence-corrected chi connectivity index (χ4v) is 4.56. The highest BCUT2D eigenvalue weighted by atomic mass is 16.3. The minimum Gasteiger partial charge on any atom is -0.508 e. The maximum atomic E-state index is 13.4. The molecule has 166 valence electrons. The first-order valence-corrected chi connectivity index (χ1v) is 11.1. The van der Waals surface area contributed by atoms with Gasteiger partial charge in [0.2, 0.25) is 5.91 Å². The van der Waals surface area contributed by atoms with Crippen LogP contribution in [0.1, 0.15) is 40.5 Å². The Balaban J connectivity index is 1.39. The Bertz CT molecular complexity index is 1240. The number of phenols is 1. The van der Waals surface area contributed by atoms with Crippen molar-refractivity contribution in [2.45, 2.75) is 24.9 Å². The number of amides is 2. The molecule has 0 saturated carbocycles. The Morgan fingerprint density at radius 3 is 2.27 bits per heavy atom. The van der Waals surface area contributed by atoms with Gasteiger partial charge in [-0.2, -0.15) is 0 Å². The molecular formula is C27H25N3O3. The minimum atomic E-state index is -0.535. The Morgan fingerprint density at radius 2 is 1.61 bits per heavy atom. The number of H-pyrrole nitrogens is 1. The molecule has 2 heterocycles. The minimum absolute atomic E-state index is 0.145. The van der Waals surface area contributed by atoms with Crippen LogP contribution in [0.5, 0.6) is 5.75 Å². The lowest BCUT2D eigenvalue weighted by Gasteiger charge is -2.27. The van der Waals surface area contributed by atoms with E-state index >= 15 is 0 Å². The SMILES string of the molecule is O=C(NC(c1ccccc1)c1ccccc1)[C@@H]1CCCN1C(=O)c1cc2cc(O)ccc2[nH]1. The summed E-state index contributed by atoms with van der Waals surface area (Å²) in [6.45, 7) is 0.527. The van der Waals surface area contributed by atoms with Gasteiger partial charge in [0.15, 0.2) is 0 Å². The zero-order valence-corrected chi connectivity index (χ0v) is 18.1. The lowest BCUT2D eigenvalue weighted by Crippen LogP contribution is -2.47. The molecule has 1 aliphatic heterocycles. The molecule has 33 heavy (non-hydrogen) atoms. The van der Waals surface area contributed by atoms with Crippen molar-refractivity contribution in [2.24, 2.45) is 0 Å². The number of nitrogens with zero attached hydrogens (tertiary/aromatic N) is 1. The molecular weight excluding hydrogens is 414 g/mol. The highest BCUT2D eigenvalue weighted by Gasteiger charge is 2.36. The highest BCUT2D eigenvalue weighted by Crippen LogP contribution is 2.27. The molecule has 0 aliphatic carbocycles. The van der Waals surface area contributed by atoms with E-state index in [9.17, 15) is 14.7 Å². The van der Waals surface area contributed by atoms with Crippen LogP contribution in [0.25, 0.3) is 10.9 Å². The smallest absolute Gasteiger partial charge is 0.270 e. The summed E-state index contributed by atoms with van der Waals surface area (Å²) in [6, 6.07) is 25.5. The van der Waals surface area contributed by atoms with Crippen LogP contribution in [0.3, 0.4) is 0 Å². The van der Waals surface area contributed by atoms with Gasteiger partial charge in [0.1, 0.15) is 17.5 Å². The van der Waals surface area contributed by atoms with Crippen molar-refractivity contribution >= 4 is 22.7 Å². The molecule has 6 nitrogen and oxygen atoms in total. The average molecular weight is 440 g/mol. The molecule has 0 radical (unpaired) electrons. The van der Waals surface area contributed by atoms with E-state index in [2.05, 4.69) is 10.3 Å². The molecule has 0 bridgehead atoms. The van der Waals surface area contributed by atoms with E-state index < -0.39 is 6.04 Å². The second-order valence-corrected chi connectivity index (χ2v) is 8.37. The Hall–Kier alpha value is -4.06. The number of aromatic amines is 1. The fourth-order valence-electron chi connectivity index (χ4n) is 4.56. The van der Waals surface area contributed by atoms with E-state index in [1.165, 1.54) is 0 Å². The summed E-state index contributed by atoms with van der Waals surface area (Å²) in [5.74, 6) is -0.224. The molecule has 1 aromatic heterocycles. The third kappa shape index (κ3) is 4.20. The lowest BCUT2D eigenvalue weighted by molar-refractivity contribution is -0.125. The molecule has 1 saturated heterocycles. The number of carbonyl (C=O) groups excluding carboxylic acids is 2. The monoisotopic (exact) mass is 439 g/mol. The highest BCUT2D eigenvalue weighted by molar-refractivity contribution is 6.00. The van der Waals surface area contributed by atoms with Crippen LogP contribution in [-0.4, -0.2) is 39.4 Å². The Kier molecular flexibility index (Phi) is 5.57. The van der Waals surface area contributed by atoms with Crippen molar-refractivity contribution in [1.82, 2.24) is 15.2 Å². The van der Waals surface area contributed by atoms with E-state index in [4.69, 9.17) is 0 Å². The predicted molar refractivity (Wildman–Crippen MR) is 127 cm³/mol. The van der Waals surface area contributed by atoms with E-state index in [-0.39, 0.29) is 23.6 Å². The summed E-state index contributed by atoms with van der Waals surface area (Å²) in [4.78, 5) is 31.5. The second kappa shape index (κ2) is 8.82. The molecule has 1 aliphatic rings. The van der Waals surface area contributed by atoms with Crippen LogP contribution in [0.15, 0.2) is 84.9 Å². The fraction of sp³-hybridized carbons (Fsp3) is 0.185. The third-order valence-corrected chi connectivity index (χ3v) is 6.20.